The first-order valence-corrected chi connectivity index (χ1v) is 5.75. The molecule has 3 rings (SSSR count). The lowest BCUT2D eigenvalue weighted by Gasteiger charge is -2.05. The molecule has 3 aromatic rings. The molecule has 0 aliphatic heterocycles. The van der Waals surface area contributed by atoms with Crippen molar-refractivity contribution < 1.29 is 0 Å². The second-order valence-electron chi connectivity index (χ2n) is 4.14. The second-order valence-corrected chi connectivity index (χ2v) is 4.14. The van der Waals surface area contributed by atoms with Crippen molar-refractivity contribution in [2.75, 3.05) is 0 Å². The van der Waals surface area contributed by atoms with E-state index in [0.29, 0.717) is 10.9 Å². The summed E-state index contributed by atoms with van der Waals surface area (Å²) in [5, 5.41) is 9.36. The molecule has 1 N–H and O–H groups in total. The zero-order valence-electron chi connectivity index (χ0n) is 9.92. The fraction of sp³-hybridized carbons (Fsp3) is 0. The van der Waals surface area contributed by atoms with Crippen molar-refractivity contribution in [1.82, 2.24) is 9.97 Å². The average molecular weight is 247 g/mol. The number of hydrogen-bond acceptors (Lipinski definition) is 3. The van der Waals surface area contributed by atoms with Crippen LogP contribution in [0.15, 0.2) is 53.7 Å². The van der Waals surface area contributed by atoms with Gasteiger partial charge < -0.3 is 4.98 Å². The van der Waals surface area contributed by atoms with Gasteiger partial charge >= 0.3 is 0 Å². The van der Waals surface area contributed by atoms with Crippen LogP contribution in [0.3, 0.4) is 0 Å². The van der Waals surface area contributed by atoms with E-state index in [2.05, 4.69) is 16.0 Å². The van der Waals surface area contributed by atoms with Crippen molar-refractivity contribution >= 4 is 10.9 Å². The lowest BCUT2D eigenvalue weighted by molar-refractivity contribution is 1.31. The predicted molar refractivity (Wildman–Crippen MR) is 72.5 cm³/mol. The average Bonchev–Trinajstić information content (AvgIpc) is 2.47. The number of hydrogen-bond donors (Lipinski definition) is 1. The molecule has 0 aliphatic carbocycles. The maximum atomic E-state index is 11.8. The first-order chi connectivity index (χ1) is 9.29. The van der Waals surface area contributed by atoms with Crippen molar-refractivity contribution in [3.05, 3.63) is 64.7 Å². The van der Waals surface area contributed by atoms with Crippen molar-refractivity contribution in [1.29, 1.82) is 5.26 Å². The monoisotopic (exact) mass is 247 g/mol. The summed E-state index contributed by atoms with van der Waals surface area (Å²) < 4.78 is 0. The summed E-state index contributed by atoms with van der Waals surface area (Å²) in [5.74, 6) is 0. The van der Waals surface area contributed by atoms with Gasteiger partial charge in [-0.3, -0.25) is 9.78 Å². The highest BCUT2D eigenvalue weighted by atomic mass is 16.1. The van der Waals surface area contributed by atoms with Crippen molar-refractivity contribution in [2.24, 2.45) is 0 Å². The highest BCUT2D eigenvalue weighted by molar-refractivity contribution is 5.92. The van der Waals surface area contributed by atoms with Crippen LogP contribution in [0.5, 0.6) is 0 Å². The predicted octanol–water partition coefficient (Wildman–Crippen LogP) is 2.46. The van der Waals surface area contributed by atoms with E-state index in [9.17, 15) is 4.79 Å². The van der Waals surface area contributed by atoms with Crippen LogP contribution in [0.4, 0.5) is 0 Å². The number of nitrogens with one attached hydrogen (secondary N) is 1. The van der Waals surface area contributed by atoms with Crippen molar-refractivity contribution in [3.63, 3.8) is 0 Å². The molecule has 4 heteroatoms. The molecule has 2 aromatic heterocycles. The van der Waals surface area contributed by atoms with Gasteiger partial charge in [-0.1, -0.05) is 12.1 Å². The molecule has 0 amide bonds. The van der Waals surface area contributed by atoms with Gasteiger partial charge in [0.1, 0.15) is 0 Å². The van der Waals surface area contributed by atoms with E-state index < -0.39 is 0 Å². The molecule has 0 atom stereocenters. The van der Waals surface area contributed by atoms with Crippen LogP contribution in [0.2, 0.25) is 0 Å². The molecular formula is C15H9N3O. The zero-order chi connectivity index (χ0) is 13.2. The van der Waals surface area contributed by atoms with Gasteiger partial charge in [0.15, 0.2) is 5.43 Å². The molecule has 0 unspecified atom stereocenters. The minimum atomic E-state index is -0.0586. The molecule has 19 heavy (non-hydrogen) atoms. The number of aromatic amines is 1. The van der Waals surface area contributed by atoms with Crippen molar-refractivity contribution in [2.45, 2.75) is 0 Å². The summed E-state index contributed by atoms with van der Waals surface area (Å²) in [5.41, 5.74) is 3.06. The van der Waals surface area contributed by atoms with E-state index >= 15 is 0 Å². The molecule has 4 nitrogen and oxygen atoms in total. The van der Waals surface area contributed by atoms with Gasteiger partial charge in [-0.2, -0.15) is 5.26 Å². The molecule has 0 spiro atoms. The number of aromatic nitrogens is 2. The molecule has 0 saturated heterocycles. The Balaban J connectivity index is 2.28. The van der Waals surface area contributed by atoms with E-state index in [1.807, 2.05) is 12.1 Å². The lowest BCUT2D eigenvalue weighted by atomic mass is 10.0. The van der Waals surface area contributed by atoms with Crippen LogP contribution in [0.25, 0.3) is 22.0 Å². The number of H-pyrrole nitrogens is 1. The molecule has 0 fully saturated rings. The zero-order valence-corrected chi connectivity index (χ0v) is 9.92. The van der Waals surface area contributed by atoms with Gasteiger partial charge in [0.2, 0.25) is 0 Å². The van der Waals surface area contributed by atoms with E-state index in [4.69, 9.17) is 5.26 Å². The van der Waals surface area contributed by atoms with Crippen LogP contribution in [-0.2, 0) is 0 Å². The SMILES string of the molecule is N#Cc1ccc(-c2cncc3c(=O)cc[nH]c23)cc1. The Hall–Kier alpha value is -2.93. The van der Waals surface area contributed by atoms with Gasteiger partial charge in [-0.25, -0.2) is 0 Å². The van der Waals surface area contributed by atoms with Gasteiger partial charge in [0.25, 0.3) is 0 Å². The molecule has 0 radical (unpaired) electrons. The minimum absolute atomic E-state index is 0.0586. The third kappa shape index (κ3) is 1.87. The fourth-order valence-electron chi connectivity index (χ4n) is 2.04. The maximum absolute atomic E-state index is 11.8. The summed E-state index contributed by atoms with van der Waals surface area (Å²) in [6.45, 7) is 0. The highest BCUT2D eigenvalue weighted by Crippen LogP contribution is 2.24. The minimum Gasteiger partial charge on any atom is -0.360 e. The van der Waals surface area contributed by atoms with E-state index in [1.54, 1.807) is 30.7 Å². The summed E-state index contributed by atoms with van der Waals surface area (Å²) in [4.78, 5) is 18.9. The first kappa shape index (κ1) is 11.2. The van der Waals surface area contributed by atoms with Crippen molar-refractivity contribution in [3.8, 4) is 17.2 Å². The summed E-state index contributed by atoms with van der Waals surface area (Å²) >= 11 is 0. The van der Waals surface area contributed by atoms with E-state index in [-0.39, 0.29) is 5.43 Å². The Bertz CT molecular complexity index is 842. The Kier molecular flexibility index (Phi) is 2.58. The van der Waals surface area contributed by atoms with Crippen LogP contribution < -0.4 is 5.43 Å². The smallest absolute Gasteiger partial charge is 0.190 e. The molecule has 0 bridgehead atoms. The number of benzene rings is 1. The Morgan fingerprint density at radius 2 is 1.89 bits per heavy atom. The van der Waals surface area contributed by atoms with Crippen LogP contribution in [-0.4, -0.2) is 9.97 Å². The molecule has 0 saturated carbocycles. The molecular weight excluding hydrogens is 238 g/mol. The van der Waals surface area contributed by atoms with Gasteiger partial charge in [-0.15, -0.1) is 0 Å². The Labute approximate surface area is 109 Å². The van der Waals surface area contributed by atoms with E-state index in [0.717, 1.165) is 16.6 Å². The van der Waals surface area contributed by atoms with Crippen LogP contribution >= 0.6 is 0 Å². The summed E-state index contributed by atoms with van der Waals surface area (Å²) in [7, 11) is 0. The van der Waals surface area contributed by atoms with Gasteiger partial charge in [0.05, 0.1) is 22.5 Å². The molecule has 1 aromatic carbocycles. The third-order valence-corrected chi connectivity index (χ3v) is 3.00. The Morgan fingerprint density at radius 1 is 1.11 bits per heavy atom. The summed E-state index contributed by atoms with van der Waals surface area (Å²) in [6, 6.07) is 10.7. The lowest BCUT2D eigenvalue weighted by Crippen LogP contribution is -2.01. The number of pyridine rings is 2. The summed E-state index contributed by atoms with van der Waals surface area (Å²) in [6.07, 6.45) is 4.89. The molecule has 0 aliphatic rings. The normalized spacial score (nSPS) is 10.3. The number of nitriles is 1. The topological polar surface area (TPSA) is 69.5 Å². The fourth-order valence-corrected chi connectivity index (χ4v) is 2.04. The quantitative estimate of drug-likeness (QED) is 0.718. The first-order valence-electron chi connectivity index (χ1n) is 5.75. The molecule has 90 valence electrons. The maximum Gasteiger partial charge on any atom is 0.190 e. The molecule has 2 heterocycles. The number of fused-ring (bicyclic) bond motifs is 1. The van der Waals surface area contributed by atoms with Gasteiger partial charge in [-0.05, 0) is 17.7 Å². The number of nitrogens with zero attached hydrogens (tertiary/aromatic N) is 2. The third-order valence-electron chi connectivity index (χ3n) is 3.00. The van der Waals surface area contributed by atoms with Crippen LogP contribution in [0.1, 0.15) is 5.56 Å². The number of rotatable bonds is 1. The second kappa shape index (κ2) is 4.39. The van der Waals surface area contributed by atoms with Gasteiger partial charge in [0, 0.05) is 30.2 Å². The highest BCUT2D eigenvalue weighted by Gasteiger charge is 2.06. The largest absolute Gasteiger partial charge is 0.360 e. The van der Waals surface area contributed by atoms with E-state index in [1.165, 1.54) is 6.07 Å². The Morgan fingerprint density at radius 3 is 2.63 bits per heavy atom. The standard InChI is InChI=1S/C15H9N3O/c16-7-10-1-3-11(4-2-10)12-8-17-9-13-14(19)5-6-18-15(12)13/h1-6,8-9H,(H,18,19). The van der Waals surface area contributed by atoms with Crippen LogP contribution in [0, 0.1) is 11.3 Å².